The standard InChI is InChI=1S/C26H39NO11/c1-7-12-33-23(30)36-18-11-10-17(14-19(18)37-24(31)34-13-8-2)20(21(27)22(28)29)16(4)15-35-25(32)38-26(5,6)9-3/h10-11,14,16,20-21H,7-9,12-13,15,27H2,1-6H3,(H,28,29)/t16?,20?,21-/m0/s1. The molecule has 1 aromatic rings. The van der Waals surface area contributed by atoms with Crippen LogP contribution in [0.5, 0.6) is 11.5 Å². The molecule has 0 saturated heterocycles. The average molecular weight is 542 g/mol. The second-order valence-electron chi connectivity index (χ2n) is 9.25. The van der Waals surface area contributed by atoms with E-state index in [2.05, 4.69) is 0 Å². The molecule has 214 valence electrons. The van der Waals surface area contributed by atoms with Crippen LogP contribution in [0.3, 0.4) is 0 Å². The number of nitrogens with two attached hydrogens (primary N) is 1. The fourth-order valence-corrected chi connectivity index (χ4v) is 3.18. The van der Waals surface area contributed by atoms with Gasteiger partial charge in [-0.1, -0.05) is 33.8 Å². The third-order valence-corrected chi connectivity index (χ3v) is 5.55. The average Bonchev–Trinajstić information content (AvgIpc) is 2.86. The number of hydrogen-bond acceptors (Lipinski definition) is 11. The van der Waals surface area contributed by atoms with Crippen molar-refractivity contribution < 1.29 is 52.7 Å². The molecule has 0 aliphatic carbocycles. The maximum atomic E-state index is 12.1. The Morgan fingerprint density at radius 1 is 0.895 bits per heavy atom. The summed E-state index contributed by atoms with van der Waals surface area (Å²) in [4.78, 5) is 48.1. The van der Waals surface area contributed by atoms with E-state index in [1.54, 1.807) is 34.6 Å². The number of carbonyl (C=O) groups excluding carboxylic acids is 3. The summed E-state index contributed by atoms with van der Waals surface area (Å²) < 4.78 is 30.8. The van der Waals surface area contributed by atoms with Gasteiger partial charge in [0.25, 0.3) is 0 Å². The van der Waals surface area contributed by atoms with Gasteiger partial charge in [0, 0.05) is 5.92 Å². The number of carbonyl (C=O) groups is 4. The Morgan fingerprint density at radius 3 is 1.95 bits per heavy atom. The van der Waals surface area contributed by atoms with Crippen molar-refractivity contribution in [2.24, 2.45) is 11.7 Å². The van der Waals surface area contributed by atoms with Gasteiger partial charge in [-0.05, 0) is 56.7 Å². The number of aliphatic carboxylic acids is 1. The van der Waals surface area contributed by atoms with Crippen LogP contribution in [0.1, 0.15) is 72.3 Å². The summed E-state index contributed by atoms with van der Waals surface area (Å²) in [5.41, 5.74) is 5.60. The lowest BCUT2D eigenvalue weighted by Crippen LogP contribution is -2.41. The number of hydrogen-bond donors (Lipinski definition) is 2. The molecule has 38 heavy (non-hydrogen) atoms. The Morgan fingerprint density at radius 2 is 1.45 bits per heavy atom. The summed E-state index contributed by atoms with van der Waals surface area (Å²) in [6.45, 7) is 10.6. The second kappa shape index (κ2) is 15.7. The van der Waals surface area contributed by atoms with Crippen LogP contribution in [-0.2, 0) is 23.7 Å². The molecule has 0 saturated carbocycles. The van der Waals surface area contributed by atoms with Crippen LogP contribution in [0.25, 0.3) is 0 Å². The minimum Gasteiger partial charge on any atom is -0.480 e. The normalized spacial score (nSPS) is 13.4. The molecular formula is C26H39NO11. The minimum absolute atomic E-state index is 0.0963. The van der Waals surface area contributed by atoms with E-state index >= 15 is 0 Å². The zero-order valence-corrected chi connectivity index (χ0v) is 22.8. The minimum atomic E-state index is -1.42. The van der Waals surface area contributed by atoms with Gasteiger partial charge >= 0.3 is 24.4 Å². The van der Waals surface area contributed by atoms with Crippen LogP contribution < -0.4 is 15.2 Å². The van der Waals surface area contributed by atoms with Crippen LogP contribution in [-0.4, -0.2) is 61.0 Å². The van der Waals surface area contributed by atoms with Crippen molar-refractivity contribution in [2.45, 2.75) is 78.4 Å². The third-order valence-electron chi connectivity index (χ3n) is 5.55. The Bertz CT molecular complexity index is 947. The lowest BCUT2D eigenvalue weighted by atomic mass is 9.82. The van der Waals surface area contributed by atoms with Gasteiger partial charge in [0.1, 0.15) is 11.6 Å². The molecule has 0 fully saturated rings. The smallest absolute Gasteiger partial charge is 0.480 e. The highest BCUT2D eigenvalue weighted by Crippen LogP contribution is 2.36. The highest BCUT2D eigenvalue weighted by molar-refractivity contribution is 5.75. The lowest BCUT2D eigenvalue weighted by molar-refractivity contribution is -0.139. The first-order valence-electron chi connectivity index (χ1n) is 12.5. The summed E-state index contributed by atoms with van der Waals surface area (Å²) >= 11 is 0. The van der Waals surface area contributed by atoms with Crippen molar-refractivity contribution >= 4 is 24.4 Å². The summed E-state index contributed by atoms with van der Waals surface area (Å²) in [5.74, 6) is -3.18. The first-order valence-corrected chi connectivity index (χ1v) is 12.5. The van der Waals surface area contributed by atoms with Crippen molar-refractivity contribution in [1.82, 2.24) is 0 Å². The van der Waals surface area contributed by atoms with Crippen LogP contribution in [0.15, 0.2) is 18.2 Å². The third kappa shape index (κ3) is 10.8. The molecule has 0 bridgehead atoms. The molecule has 3 atom stereocenters. The molecule has 1 rings (SSSR count). The molecule has 0 spiro atoms. The van der Waals surface area contributed by atoms with Gasteiger partial charge in [-0.25, -0.2) is 14.4 Å². The van der Waals surface area contributed by atoms with E-state index in [1.165, 1.54) is 18.2 Å². The van der Waals surface area contributed by atoms with E-state index in [1.807, 2.05) is 6.92 Å². The second-order valence-corrected chi connectivity index (χ2v) is 9.25. The van der Waals surface area contributed by atoms with E-state index in [0.29, 0.717) is 24.8 Å². The van der Waals surface area contributed by atoms with Crippen LogP contribution in [0, 0.1) is 5.92 Å². The Hall–Kier alpha value is -3.54. The van der Waals surface area contributed by atoms with Gasteiger partial charge in [0.2, 0.25) is 0 Å². The van der Waals surface area contributed by atoms with Crippen LogP contribution >= 0.6 is 0 Å². The predicted molar refractivity (Wildman–Crippen MR) is 135 cm³/mol. The largest absolute Gasteiger partial charge is 0.513 e. The molecule has 0 aliphatic heterocycles. The van der Waals surface area contributed by atoms with E-state index in [4.69, 9.17) is 34.2 Å². The maximum Gasteiger partial charge on any atom is 0.513 e. The van der Waals surface area contributed by atoms with Crippen molar-refractivity contribution in [3.05, 3.63) is 23.8 Å². The quantitative estimate of drug-likeness (QED) is 0.184. The molecule has 3 N–H and O–H groups in total. The number of benzene rings is 1. The zero-order valence-electron chi connectivity index (χ0n) is 22.8. The summed E-state index contributed by atoms with van der Waals surface area (Å²) in [6.07, 6.45) is -1.28. The van der Waals surface area contributed by atoms with Crippen molar-refractivity contribution in [1.29, 1.82) is 0 Å². The molecule has 2 unspecified atom stereocenters. The SMILES string of the molecule is CCCOC(=O)Oc1ccc(C(C(C)COC(=O)OC(C)(C)CC)[C@H](N)C(=O)O)cc1OC(=O)OCCC. The monoisotopic (exact) mass is 541 g/mol. The molecule has 12 heteroatoms. The molecule has 0 radical (unpaired) electrons. The highest BCUT2D eigenvalue weighted by atomic mass is 16.7. The molecule has 12 nitrogen and oxygen atoms in total. The molecular weight excluding hydrogens is 502 g/mol. The summed E-state index contributed by atoms with van der Waals surface area (Å²) in [5, 5.41) is 9.64. The van der Waals surface area contributed by atoms with Gasteiger partial charge in [-0.3, -0.25) is 4.79 Å². The zero-order chi connectivity index (χ0) is 28.9. The number of rotatable bonds is 14. The molecule has 0 aliphatic rings. The fourth-order valence-electron chi connectivity index (χ4n) is 3.18. The number of carboxylic acid groups (broad SMARTS) is 1. The lowest BCUT2D eigenvalue weighted by Gasteiger charge is -2.28. The van der Waals surface area contributed by atoms with Crippen molar-refractivity contribution in [3.8, 4) is 11.5 Å². The summed E-state index contributed by atoms with van der Waals surface area (Å²) in [6, 6.07) is 2.68. The Balaban J connectivity index is 3.28. The summed E-state index contributed by atoms with van der Waals surface area (Å²) in [7, 11) is 0. The van der Waals surface area contributed by atoms with Gasteiger partial charge in [0.05, 0.1) is 19.8 Å². The Labute approximate surface area is 222 Å². The van der Waals surface area contributed by atoms with Crippen LogP contribution in [0.4, 0.5) is 14.4 Å². The van der Waals surface area contributed by atoms with Crippen LogP contribution in [0.2, 0.25) is 0 Å². The molecule has 1 aromatic carbocycles. The number of carboxylic acids is 1. The molecule has 0 aromatic heterocycles. The van der Waals surface area contributed by atoms with E-state index in [9.17, 15) is 24.3 Å². The van der Waals surface area contributed by atoms with Gasteiger partial charge < -0.3 is 39.3 Å². The maximum absolute atomic E-state index is 12.1. The first kappa shape index (κ1) is 32.5. The van der Waals surface area contributed by atoms with Gasteiger partial charge in [0.15, 0.2) is 11.5 Å². The fraction of sp³-hybridized carbons (Fsp3) is 0.615. The first-order chi connectivity index (χ1) is 17.8. The molecule has 0 amide bonds. The predicted octanol–water partition coefficient (Wildman–Crippen LogP) is 5.01. The van der Waals surface area contributed by atoms with E-state index in [-0.39, 0.29) is 31.3 Å². The topological polar surface area (TPSA) is 170 Å². The van der Waals surface area contributed by atoms with E-state index in [0.717, 1.165) is 0 Å². The van der Waals surface area contributed by atoms with E-state index < -0.39 is 47.9 Å². The molecule has 0 heterocycles. The number of ether oxygens (including phenoxy) is 6. The highest BCUT2D eigenvalue weighted by Gasteiger charge is 2.33. The van der Waals surface area contributed by atoms with Gasteiger partial charge in [-0.2, -0.15) is 0 Å². The Kier molecular flexibility index (Phi) is 13.4. The van der Waals surface area contributed by atoms with Crippen molar-refractivity contribution in [3.63, 3.8) is 0 Å². The van der Waals surface area contributed by atoms with Gasteiger partial charge in [-0.15, -0.1) is 0 Å². The van der Waals surface area contributed by atoms with Crippen molar-refractivity contribution in [2.75, 3.05) is 19.8 Å².